The summed E-state index contributed by atoms with van der Waals surface area (Å²) in [5, 5.41) is 0. The Balaban J connectivity index is 2.52. The van der Waals surface area contributed by atoms with E-state index in [0.29, 0.717) is 0 Å². The summed E-state index contributed by atoms with van der Waals surface area (Å²) in [7, 11) is 0. The zero-order valence-electron chi connectivity index (χ0n) is 9.62. The van der Waals surface area contributed by atoms with Crippen LogP contribution in [0.2, 0.25) is 0 Å². The molecule has 0 aliphatic heterocycles. The van der Waals surface area contributed by atoms with Gasteiger partial charge in [-0.05, 0) is 44.9 Å². The fourth-order valence-corrected chi connectivity index (χ4v) is 1.41. The molecule has 0 fully saturated rings. The highest BCUT2D eigenvalue weighted by Crippen LogP contribution is 2.17. The van der Waals surface area contributed by atoms with Gasteiger partial charge in [0, 0.05) is 5.69 Å². The zero-order valence-corrected chi connectivity index (χ0v) is 9.62. The van der Waals surface area contributed by atoms with Crippen LogP contribution in [0.5, 0.6) is 5.75 Å². The van der Waals surface area contributed by atoms with Crippen molar-refractivity contribution in [2.24, 2.45) is 5.73 Å². The van der Waals surface area contributed by atoms with Crippen molar-refractivity contribution in [1.29, 1.82) is 0 Å². The molecule has 0 spiro atoms. The van der Waals surface area contributed by atoms with Gasteiger partial charge < -0.3 is 10.5 Å². The van der Waals surface area contributed by atoms with Crippen LogP contribution < -0.4 is 10.5 Å². The predicted molar refractivity (Wildman–Crippen MR) is 62.1 cm³/mol. The lowest BCUT2D eigenvalue weighted by Gasteiger charge is -2.09. The van der Waals surface area contributed by atoms with E-state index in [1.54, 1.807) is 0 Å². The van der Waals surface area contributed by atoms with E-state index in [1.807, 2.05) is 19.1 Å². The van der Waals surface area contributed by atoms with Gasteiger partial charge in [0.15, 0.2) is 0 Å². The number of unbranched alkanes of at least 4 members (excludes halogenated alkanes) is 1. The number of aromatic nitrogens is 1. The number of nitrogens with zero attached hydrogens (tertiary/aromatic N) is 1. The van der Waals surface area contributed by atoms with E-state index in [-0.39, 0.29) is 0 Å². The number of aryl methyl sites for hydroxylation is 2. The van der Waals surface area contributed by atoms with Crippen molar-refractivity contribution >= 4 is 0 Å². The summed E-state index contributed by atoms with van der Waals surface area (Å²) in [6, 6.07) is 3.99. The fourth-order valence-electron chi connectivity index (χ4n) is 1.41. The molecule has 1 heterocycles. The van der Waals surface area contributed by atoms with Crippen LogP contribution in [-0.2, 0) is 6.42 Å². The Morgan fingerprint density at radius 3 is 2.80 bits per heavy atom. The number of hydrogen-bond acceptors (Lipinski definition) is 3. The summed E-state index contributed by atoms with van der Waals surface area (Å²) in [4.78, 5) is 4.44. The summed E-state index contributed by atoms with van der Waals surface area (Å²) in [5.74, 6) is 0.917. The van der Waals surface area contributed by atoms with Crippen molar-refractivity contribution in [2.45, 2.75) is 33.1 Å². The minimum Gasteiger partial charge on any atom is -0.492 e. The normalized spacial score (nSPS) is 10.3. The highest BCUT2D eigenvalue weighted by molar-refractivity contribution is 5.29. The van der Waals surface area contributed by atoms with Crippen molar-refractivity contribution in [3.63, 3.8) is 0 Å². The lowest BCUT2D eigenvalue weighted by atomic mass is 10.2. The van der Waals surface area contributed by atoms with Gasteiger partial charge in [0.25, 0.3) is 0 Å². The smallest absolute Gasteiger partial charge is 0.140 e. The molecule has 0 aliphatic carbocycles. The molecule has 0 unspecified atom stereocenters. The first-order valence-electron chi connectivity index (χ1n) is 5.57. The van der Waals surface area contributed by atoms with Crippen molar-refractivity contribution in [3.8, 4) is 5.75 Å². The molecule has 0 bridgehead atoms. The van der Waals surface area contributed by atoms with Crippen LogP contribution in [0.15, 0.2) is 12.1 Å². The lowest BCUT2D eigenvalue weighted by molar-refractivity contribution is 0.303. The molecular formula is C12H20N2O. The van der Waals surface area contributed by atoms with E-state index in [2.05, 4.69) is 11.9 Å². The van der Waals surface area contributed by atoms with Crippen LogP contribution in [0.3, 0.4) is 0 Å². The first-order valence-corrected chi connectivity index (χ1v) is 5.57. The standard InChI is InChI=1S/C12H20N2O/c1-3-11-12(7-6-10(2)14-11)15-9-5-4-8-13/h6-7H,3-5,8-9,13H2,1-2H3. The first kappa shape index (κ1) is 12.0. The van der Waals surface area contributed by atoms with Crippen molar-refractivity contribution in [2.75, 3.05) is 13.2 Å². The average molecular weight is 208 g/mol. The SMILES string of the molecule is CCc1nc(C)ccc1OCCCCN. The highest BCUT2D eigenvalue weighted by atomic mass is 16.5. The Bertz CT molecular complexity index is 300. The molecule has 0 saturated heterocycles. The Morgan fingerprint density at radius 1 is 1.33 bits per heavy atom. The maximum absolute atomic E-state index is 5.67. The molecule has 84 valence electrons. The van der Waals surface area contributed by atoms with E-state index in [4.69, 9.17) is 10.5 Å². The molecule has 2 N–H and O–H groups in total. The second-order valence-corrected chi connectivity index (χ2v) is 3.60. The second-order valence-electron chi connectivity index (χ2n) is 3.60. The average Bonchev–Trinajstić information content (AvgIpc) is 2.26. The van der Waals surface area contributed by atoms with Gasteiger partial charge in [-0.15, -0.1) is 0 Å². The Hall–Kier alpha value is -1.09. The van der Waals surface area contributed by atoms with Gasteiger partial charge >= 0.3 is 0 Å². The summed E-state index contributed by atoms with van der Waals surface area (Å²) >= 11 is 0. The topological polar surface area (TPSA) is 48.1 Å². The summed E-state index contributed by atoms with van der Waals surface area (Å²) in [6.07, 6.45) is 2.93. The van der Waals surface area contributed by atoms with E-state index >= 15 is 0 Å². The molecule has 0 atom stereocenters. The zero-order chi connectivity index (χ0) is 11.1. The quantitative estimate of drug-likeness (QED) is 0.728. The van der Waals surface area contributed by atoms with Crippen molar-refractivity contribution < 1.29 is 4.74 Å². The van der Waals surface area contributed by atoms with Crippen LogP contribution >= 0.6 is 0 Å². The maximum Gasteiger partial charge on any atom is 0.140 e. The molecule has 0 amide bonds. The number of nitrogens with two attached hydrogens (primary N) is 1. The van der Waals surface area contributed by atoms with E-state index < -0.39 is 0 Å². The third kappa shape index (κ3) is 3.88. The number of pyridine rings is 1. The van der Waals surface area contributed by atoms with Crippen molar-refractivity contribution in [1.82, 2.24) is 4.98 Å². The minimum absolute atomic E-state index is 0.731. The summed E-state index contributed by atoms with van der Waals surface area (Å²) in [5.41, 5.74) is 7.50. The molecule has 1 aromatic heterocycles. The van der Waals surface area contributed by atoms with E-state index in [1.165, 1.54) is 0 Å². The minimum atomic E-state index is 0.731. The second kappa shape index (κ2) is 6.40. The third-order valence-corrected chi connectivity index (χ3v) is 2.26. The fraction of sp³-hybridized carbons (Fsp3) is 0.583. The molecule has 15 heavy (non-hydrogen) atoms. The van der Waals surface area contributed by atoms with Gasteiger partial charge in [-0.2, -0.15) is 0 Å². The number of ether oxygens (including phenoxy) is 1. The molecule has 3 nitrogen and oxygen atoms in total. The number of rotatable bonds is 6. The Morgan fingerprint density at radius 2 is 2.13 bits per heavy atom. The van der Waals surface area contributed by atoms with E-state index in [0.717, 1.165) is 49.6 Å². The molecule has 1 aromatic rings. The van der Waals surface area contributed by atoms with Gasteiger partial charge in [0.2, 0.25) is 0 Å². The molecule has 0 aromatic carbocycles. The first-order chi connectivity index (χ1) is 7.27. The van der Waals surface area contributed by atoms with Gasteiger partial charge in [-0.3, -0.25) is 4.98 Å². The molecule has 0 aliphatic rings. The lowest BCUT2D eigenvalue weighted by Crippen LogP contribution is -2.05. The number of hydrogen-bond donors (Lipinski definition) is 1. The molecule has 0 saturated carbocycles. The Kier molecular flexibility index (Phi) is 5.12. The van der Waals surface area contributed by atoms with Gasteiger partial charge in [0.05, 0.1) is 12.3 Å². The van der Waals surface area contributed by atoms with Crippen LogP contribution in [-0.4, -0.2) is 18.1 Å². The molecule has 3 heteroatoms. The monoisotopic (exact) mass is 208 g/mol. The molecule has 0 radical (unpaired) electrons. The summed E-state index contributed by atoms with van der Waals surface area (Å²) in [6.45, 7) is 5.55. The summed E-state index contributed by atoms with van der Waals surface area (Å²) < 4.78 is 5.67. The molecular weight excluding hydrogens is 188 g/mol. The largest absolute Gasteiger partial charge is 0.492 e. The van der Waals surface area contributed by atoms with Gasteiger partial charge in [-0.25, -0.2) is 0 Å². The van der Waals surface area contributed by atoms with Crippen LogP contribution in [0.1, 0.15) is 31.2 Å². The predicted octanol–water partition coefficient (Wildman–Crippen LogP) is 2.07. The molecule has 1 rings (SSSR count). The maximum atomic E-state index is 5.67. The third-order valence-electron chi connectivity index (χ3n) is 2.26. The van der Waals surface area contributed by atoms with Crippen molar-refractivity contribution in [3.05, 3.63) is 23.5 Å². The van der Waals surface area contributed by atoms with Crippen LogP contribution in [0.25, 0.3) is 0 Å². The van der Waals surface area contributed by atoms with Gasteiger partial charge in [-0.1, -0.05) is 6.92 Å². The van der Waals surface area contributed by atoms with Crippen LogP contribution in [0, 0.1) is 6.92 Å². The highest BCUT2D eigenvalue weighted by Gasteiger charge is 2.03. The van der Waals surface area contributed by atoms with E-state index in [9.17, 15) is 0 Å². The van der Waals surface area contributed by atoms with Gasteiger partial charge in [0.1, 0.15) is 5.75 Å². The Labute approximate surface area is 91.7 Å². The van der Waals surface area contributed by atoms with Crippen LogP contribution in [0.4, 0.5) is 0 Å².